The summed E-state index contributed by atoms with van der Waals surface area (Å²) in [5.74, 6) is 0.432. The topological polar surface area (TPSA) is 59.1 Å². The summed E-state index contributed by atoms with van der Waals surface area (Å²) in [4.78, 5) is 4.24. The van der Waals surface area contributed by atoms with Gasteiger partial charge in [0.25, 0.3) is 0 Å². The molecule has 0 spiro atoms. The number of sulfone groups is 1. The van der Waals surface area contributed by atoms with Gasteiger partial charge in [-0.05, 0) is 37.6 Å². The number of aromatic nitrogens is 1. The average Bonchev–Trinajstić information content (AvgIpc) is 2.96. The van der Waals surface area contributed by atoms with Gasteiger partial charge < -0.3 is 5.32 Å². The highest BCUT2D eigenvalue weighted by molar-refractivity contribution is 7.93. The van der Waals surface area contributed by atoms with Gasteiger partial charge in [0, 0.05) is 0 Å². The first-order valence-corrected chi connectivity index (χ1v) is 8.41. The van der Waals surface area contributed by atoms with Gasteiger partial charge in [0.2, 0.25) is 14.2 Å². The number of benzene rings is 1. The quantitative estimate of drug-likeness (QED) is 0.941. The van der Waals surface area contributed by atoms with Crippen LogP contribution < -0.4 is 5.32 Å². The number of nitrogens with zero attached hydrogens (tertiary/aromatic N) is 1. The molecule has 1 saturated heterocycles. The number of nitrogens with one attached hydrogen (secondary N) is 1. The summed E-state index contributed by atoms with van der Waals surface area (Å²) in [5.41, 5.74) is 0.769. The van der Waals surface area contributed by atoms with E-state index >= 15 is 0 Å². The lowest BCUT2D eigenvalue weighted by molar-refractivity contribution is 0.570. The first kappa shape index (κ1) is 14.7. The van der Waals surface area contributed by atoms with Crippen molar-refractivity contribution in [3.05, 3.63) is 24.3 Å². The van der Waals surface area contributed by atoms with Crippen molar-refractivity contribution >= 4 is 43.8 Å². The van der Waals surface area contributed by atoms with E-state index in [1.165, 1.54) is 11.3 Å². The fourth-order valence-corrected chi connectivity index (χ4v) is 5.19. The molecule has 1 aromatic heterocycles. The molecule has 1 N–H and O–H groups in total. The smallest absolute Gasteiger partial charge is 0.210 e. The minimum absolute atomic E-state index is 0. The number of halogens is 1. The van der Waals surface area contributed by atoms with Gasteiger partial charge in [-0.2, -0.15) is 0 Å². The molecule has 1 aromatic carbocycles. The molecule has 3 rings (SSSR count). The number of hydrogen-bond acceptors (Lipinski definition) is 5. The maximum absolute atomic E-state index is 12.3. The average molecular weight is 319 g/mol. The summed E-state index contributed by atoms with van der Waals surface area (Å²) in [6, 6.07) is 7.53. The Labute approximate surface area is 122 Å². The van der Waals surface area contributed by atoms with Crippen LogP contribution in [0.2, 0.25) is 0 Å². The molecular formula is C12H15ClN2O2S2. The van der Waals surface area contributed by atoms with Crippen LogP contribution in [0.5, 0.6) is 0 Å². The molecule has 0 bridgehead atoms. The van der Waals surface area contributed by atoms with Crippen molar-refractivity contribution in [3.8, 4) is 0 Å². The number of hydrogen-bond donors (Lipinski definition) is 1. The zero-order valence-electron chi connectivity index (χ0n) is 10.2. The van der Waals surface area contributed by atoms with Gasteiger partial charge >= 0.3 is 0 Å². The lowest BCUT2D eigenvalue weighted by Crippen LogP contribution is -2.18. The number of fused-ring (bicyclic) bond motifs is 1. The van der Waals surface area contributed by atoms with Gasteiger partial charge in [-0.1, -0.05) is 12.1 Å². The summed E-state index contributed by atoms with van der Waals surface area (Å²) in [6.07, 6.45) is 0.935. The predicted octanol–water partition coefficient (Wildman–Crippen LogP) is 2.10. The molecule has 1 fully saturated rings. The van der Waals surface area contributed by atoms with Crippen molar-refractivity contribution in [3.63, 3.8) is 0 Å². The van der Waals surface area contributed by atoms with Crippen molar-refractivity contribution in [1.82, 2.24) is 10.3 Å². The highest BCUT2D eigenvalue weighted by atomic mass is 35.5. The molecule has 4 nitrogen and oxygen atoms in total. The fourth-order valence-electron chi connectivity index (χ4n) is 2.22. The molecule has 0 radical (unpaired) electrons. The monoisotopic (exact) mass is 318 g/mol. The van der Waals surface area contributed by atoms with Crippen molar-refractivity contribution in [2.24, 2.45) is 5.92 Å². The summed E-state index contributed by atoms with van der Waals surface area (Å²) < 4.78 is 25.7. The predicted molar refractivity (Wildman–Crippen MR) is 79.9 cm³/mol. The molecular weight excluding hydrogens is 304 g/mol. The van der Waals surface area contributed by atoms with E-state index in [0.29, 0.717) is 0 Å². The Balaban J connectivity index is 0.00000133. The Morgan fingerprint density at radius 1 is 1.37 bits per heavy atom. The lowest BCUT2D eigenvalue weighted by Gasteiger charge is -2.06. The van der Waals surface area contributed by atoms with Crippen LogP contribution >= 0.6 is 23.7 Å². The number of rotatable bonds is 3. The molecule has 1 unspecified atom stereocenters. The van der Waals surface area contributed by atoms with Crippen LogP contribution in [-0.4, -0.2) is 32.2 Å². The Morgan fingerprint density at radius 3 is 2.84 bits per heavy atom. The van der Waals surface area contributed by atoms with Crippen molar-refractivity contribution in [1.29, 1.82) is 0 Å². The van der Waals surface area contributed by atoms with E-state index in [9.17, 15) is 8.42 Å². The maximum atomic E-state index is 12.3. The van der Waals surface area contributed by atoms with Crippen molar-refractivity contribution < 1.29 is 8.42 Å². The van der Waals surface area contributed by atoms with E-state index in [-0.39, 0.29) is 28.4 Å². The fraction of sp³-hybridized carbons (Fsp3) is 0.417. The van der Waals surface area contributed by atoms with Gasteiger partial charge in [0.1, 0.15) is 0 Å². The van der Waals surface area contributed by atoms with Crippen LogP contribution in [-0.2, 0) is 9.84 Å². The number of para-hydroxylation sites is 1. The number of thiazole rings is 1. The molecule has 1 atom stereocenters. The van der Waals surface area contributed by atoms with E-state index in [2.05, 4.69) is 10.3 Å². The Hall–Kier alpha value is -0.690. The van der Waals surface area contributed by atoms with Crippen LogP contribution in [0.15, 0.2) is 28.6 Å². The van der Waals surface area contributed by atoms with Gasteiger partial charge in [-0.25, -0.2) is 13.4 Å². The van der Waals surface area contributed by atoms with Crippen LogP contribution in [0.1, 0.15) is 6.42 Å². The Kier molecular flexibility index (Phi) is 4.45. The lowest BCUT2D eigenvalue weighted by atomic mass is 10.2. The Morgan fingerprint density at radius 2 is 2.16 bits per heavy atom. The molecule has 0 amide bonds. The summed E-state index contributed by atoms with van der Waals surface area (Å²) in [7, 11) is -3.24. The second-order valence-corrected chi connectivity index (χ2v) is 7.83. The van der Waals surface area contributed by atoms with Crippen LogP contribution in [0.3, 0.4) is 0 Å². The van der Waals surface area contributed by atoms with E-state index in [4.69, 9.17) is 0 Å². The van der Waals surface area contributed by atoms with E-state index in [1.807, 2.05) is 24.3 Å². The third kappa shape index (κ3) is 3.08. The molecule has 1 aliphatic rings. The third-order valence-electron chi connectivity index (χ3n) is 3.16. The van der Waals surface area contributed by atoms with Gasteiger partial charge in [-0.3, -0.25) is 0 Å². The summed E-state index contributed by atoms with van der Waals surface area (Å²) in [6.45, 7) is 1.71. The molecule has 7 heteroatoms. The normalized spacial score (nSPS) is 19.5. The molecule has 1 aliphatic heterocycles. The highest BCUT2D eigenvalue weighted by Gasteiger charge is 2.26. The minimum atomic E-state index is -3.24. The first-order valence-electron chi connectivity index (χ1n) is 5.94. The second-order valence-electron chi connectivity index (χ2n) is 4.59. The standard InChI is InChI=1S/C12H14N2O2S2.ClH/c15-18(16,8-9-5-6-13-7-9)12-14-10-3-1-2-4-11(10)17-12;/h1-4,9,13H,5-8H2;1H. The SMILES string of the molecule is Cl.O=S(=O)(CC1CCNC1)c1nc2ccccc2s1. The van der Waals surface area contributed by atoms with Gasteiger partial charge in [0.15, 0.2) is 0 Å². The maximum Gasteiger partial charge on any atom is 0.210 e. The van der Waals surface area contributed by atoms with Crippen LogP contribution in [0.25, 0.3) is 10.2 Å². The van der Waals surface area contributed by atoms with Crippen molar-refractivity contribution in [2.45, 2.75) is 10.8 Å². The van der Waals surface area contributed by atoms with Gasteiger partial charge in [0.05, 0.1) is 16.0 Å². The molecule has 2 heterocycles. The molecule has 19 heavy (non-hydrogen) atoms. The molecule has 104 valence electrons. The summed E-state index contributed by atoms with van der Waals surface area (Å²) >= 11 is 1.27. The zero-order chi connectivity index (χ0) is 12.6. The second kappa shape index (κ2) is 5.75. The van der Waals surface area contributed by atoms with Crippen LogP contribution in [0, 0.1) is 5.92 Å². The van der Waals surface area contributed by atoms with Crippen LogP contribution in [0.4, 0.5) is 0 Å². The largest absolute Gasteiger partial charge is 0.316 e. The molecule has 0 aliphatic carbocycles. The molecule has 0 saturated carbocycles. The molecule has 2 aromatic rings. The van der Waals surface area contributed by atoms with Crippen molar-refractivity contribution in [2.75, 3.05) is 18.8 Å². The third-order valence-corrected chi connectivity index (χ3v) is 6.53. The minimum Gasteiger partial charge on any atom is -0.316 e. The van der Waals surface area contributed by atoms with E-state index in [1.54, 1.807) is 0 Å². The highest BCUT2D eigenvalue weighted by Crippen LogP contribution is 2.27. The van der Waals surface area contributed by atoms with E-state index < -0.39 is 9.84 Å². The van der Waals surface area contributed by atoms with Gasteiger partial charge in [-0.15, -0.1) is 23.7 Å². The first-order chi connectivity index (χ1) is 8.65. The summed E-state index contributed by atoms with van der Waals surface area (Å²) in [5, 5.41) is 3.19. The van der Waals surface area contributed by atoms with E-state index in [0.717, 1.165) is 29.7 Å². The zero-order valence-corrected chi connectivity index (χ0v) is 12.7. The Bertz CT molecular complexity index is 630.